The Balaban J connectivity index is 2.01. The van der Waals surface area contributed by atoms with Gasteiger partial charge in [-0.1, -0.05) is 27.2 Å². The molecule has 3 rings (SSSR count). The summed E-state index contributed by atoms with van der Waals surface area (Å²) in [7, 11) is 0. The molecule has 4 nitrogen and oxygen atoms in total. The van der Waals surface area contributed by atoms with Gasteiger partial charge in [0.25, 0.3) is 5.89 Å². The highest BCUT2D eigenvalue weighted by molar-refractivity contribution is 9.10. The van der Waals surface area contributed by atoms with Crippen LogP contribution in [-0.4, -0.2) is 10.1 Å². The van der Waals surface area contributed by atoms with Gasteiger partial charge in [-0.25, -0.2) is 4.39 Å². The summed E-state index contributed by atoms with van der Waals surface area (Å²) in [5.41, 5.74) is 8.12. The number of anilines is 1. The van der Waals surface area contributed by atoms with Crippen LogP contribution in [0.5, 0.6) is 0 Å². The highest BCUT2D eigenvalue weighted by atomic mass is 79.9. The van der Waals surface area contributed by atoms with Gasteiger partial charge < -0.3 is 10.3 Å². The van der Waals surface area contributed by atoms with E-state index in [4.69, 9.17) is 10.3 Å². The van der Waals surface area contributed by atoms with Crippen molar-refractivity contribution in [3.63, 3.8) is 0 Å². The maximum atomic E-state index is 13.2. The van der Waals surface area contributed by atoms with Crippen LogP contribution < -0.4 is 5.73 Å². The van der Waals surface area contributed by atoms with Crippen molar-refractivity contribution in [2.24, 2.45) is 0 Å². The molecule has 0 amide bonds. The molecule has 0 unspecified atom stereocenters. The Labute approximate surface area is 128 Å². The molecule has 0 radical (unpaired) electrons. The molecular weight excluding hydrogens is 337 g/mol. The van der Waals surface area contributed by atoms with Gasteiger partial charge in [0, 0.05) is 15.6 Å². The van der Waals surface area contributed by atoms with Gasteiger partial charge >= 0.3 is 0 Å². The molecule has 0 spiro atoms. The largest absolute Gasteiger partial charge is 0.396 e. The monoisotopic (exact) mass is 347 g/mol. The Bertz CT molecular complexity index is 816. The van der Waals surface area contributed by atoms with Crippen LogP contribution in [0.4, 0.5) is 10.1 Å². The van der Waals surface area contributed by atoms with Gasteiger partial charge in [0.2, 0.25) is 5.82 Å². The Morgan fingerprint density at radius 1 is 1.19 bits per heavy atom. The van der Waals surface area contributed by atoms with Gasteiger partial charge in [0.15, 0.2) is 0 Å². The van der Waals surface area contributed by atoms with Crippen molar-refractivity contribution in [1.29, 1.82) is 0 Å². The minimum absolute atomic E-state index is 0.0452. The second-order valence-corrected chi connectivity index (χ2v) is 5.50. The minimum atomic E-state index is -0.472. The summed E-state index contributed by atoms with van der Waals surface area (Å²) in [5, 5.41) is 3.95. The van der Waals surface area contributed by atoms with E-state index in [1.165, 1.54) is 12.1 Å². The molecule has 0 aliphatic rings. The lowest BCUT2D eigenvalue weighted by molar-refractivity contribution is 0.432. The van der Waals surface area contributed by atoms with Crippen molar-refractivity contribution in [2.75, 3.05) is 5.73 Å². The molecule has 0 bridgehead atoms. The van der Waals surface area contributed by atoms with Crippen molar-refractivity contribution in [2.45, 2.75) is 6.92 Å². The second kappa shape index (κ2) is 5.29. The fourth-order valence-electron chi connectivity index (χ4n) is 1.93. The number of hydrogen-bond donors (Lipinski definition) is 1. The molecule has 2 aromatic carbocycles. The van der Waals surface area contributed by atoms with Gasteiger partial charge in [-0.3, -0.25) is 0 Å². The van der Waals surface area contributed by atoms with Crippen molar-refractivity contribution >= 4 is 21.6 Å². The van der Waals surface area contributed by atoms with E-state index >= 15 is 0 Å². The van der Waals surface area contributed by atoms with Gasteiger partial charge in [-0.05, 0) is 42.8 Å². The van der Waals surface area contributed by atoms with Gasteiger partial charge in [-0.2, -0.15) is 4.98 Å². The molecule has 106 valence electrons. The lowest BCUT2D eigenvalue weighted by Gasteiger charge is -2.00. The molecule has 3 aromatic rings. The minimum Gasteiger partial charge on any atom is -0.396 e. The van der Waals surface area contributed by atoms with Crippen LogP contribution in [0.1, 0.15) is 5.56 Å². The summed E-state index contributed by atoms with van der Waals surface area (Å²) in [4.78, 5) is 4.33. The topological polar surface area (TPSA) is 64.9 Å². The third-order valence-corrected chi connectivity index (χ3v) is 3.69. The number of aryl methyl sites for hydroxylation is 1. The lowest BCUT2D eigenvalue weighted by Crippen LogP contribution is -1.91. The van der Waals surface area contributed by atoms with Gasteiger partial charge in [0.1, 0.15) is 5.82 Å². The van der Waals surface area contributed by atoms with E-state index in [0.717, 1.165) is 15.6 Å². The number of halogens is 2. The van der Waals surface area contributed by atoms with E-state index in [-0.39, 0.29) is 5.69 Å². The number of nitrogens with two attached hydrogens (primary N) is 1. The van der Waals surface area contributed by atoms with Crippen molar-refractivity contribution in [1.82, 2.24) is 10.1 Å². The predicted octanol–water partition coefficient (Wildman–Crippen LogP) is 4.20. The third kappa shape index (κ3) is 2.67. The first kappa shape index (κ1) is 13.8. The summed E-state index contributed by atoms with van der Waals surface area (Å²) in [6, 6.07) is 10.1. The van der Waals surface area contributed by atoms with E-state index in [2.05, 4.69) is 26.1 Å². The summed E-state index contributed by atoms with van der Waals surface area (Å²) < 4.78 is 19.3. The van der Waals surface area contributed by atoms with Gasteiger partial charge in [-0.15, -0.1) is 0 Å². The van der Waals surface area contributed by atoms with Crippen LogP contribution in [-0.2, 0) is 0 Å². The Hall–Kier alpha value is -2.21. The number of aromatic nitrogens is 2. The molecule has 0 saturated heterocycles. The molecular formula is C15H11BrFN3O. The molecule has 0 aliphatic heterocycles. The van der Waals surface area contributed by atoms with Crippen LogP contribution >= 0.6 is 15.9 Å². The standard InChI is InChI=1S/C15H11BrFN3O/c1-8-2-4-10(11(16)6-8)14-19-15(21-20-14)9-3-5-12(17)13(18)7-9/h2-7H,18H2,1H3. The molecule has 1 heterocycles. The van der Waals surface area contributed by atoms with Crippen molar-refractivity contribution in [3.8, 4) is 22.8 Å². The molecule has 6 heteroatoms. The first-order chi connectivity index (χ1) is 10.0. The first-order valence-corrected chi connectivity index (χ1v) is 6.99. The third-order valence-electron chi connectivity index (χ3n) is 3.03. The van der Waals surface area contributed by atoms with Crippen LogP contribution in [0.25, 0.3) is 22.8 Å². The summed E-state index contributed by atoms with van der Waals surface area (Å²) >= 11 is 3.48. The zero-order chi connectivity index (χ0) is 15.0. The number of rotatable bonds is 2. The maximum absolute atomic E-state index is 13.2. The molecule has 1 aromatic heterocycles. The van der Waals surface area contributed by atoms with Crippen LogP contribution in [0.3, 0.4) is 0 Å². The van der Waals surface area contributed by atoms with Crippen molar-refractivity contribution in [3.05, 3.63) is 52.3 Å². The Kier molecular flexibility index (Phi) is 3.47. The number of nitrogens with zero attached hydrogens (tertiary/aromatic N) is 2. The smallest absolute Gasteiger partial charge is 0.258 e. The van der Waals surface area contributed by atoms with E-state index in [9.17, 15) is 4.39 Å². The van der Waals surface area contributed by atoms with Gasteiger partial charge in [0.05, 0.1) is 5.69 Å². The maximum Gasteiger partial charge on any atom is 0.258 e. The highest BCUT2D eigenvalue weighted by Crippen LogP contribution is 2.29. The molecule has 0 saturated carbocycles. The van der Waals surface area contributed by atoms with E-state index in [1.54, 1.807) is 6.07 Å². The molecule has 0 fully saturated rings. The second-order valence-electron chi connectivity index (χ2n) is 4.64. The lowest BCUT2D eigenvalue weighted by atomic mass is 10.1. The fraction of sp³-hybridized carbons (Fsp3) is 0.0667. The summed E-state index contributed by atoms with van der Waals surface area (Å²) in [6.45, 7) is 2.00. The molecule has 2 N–H and O–H groups in total. The summed E-state index contributed by atoms with van der Waals surface area (Å²) in [6.07, 6.45) is 0. The van der Waals surface area contributed by atoms with Crippen molar-refractivity contribution < 1.29 is 8.91 Å². The molecule has 0 atom stereocenters. The van der Waals surface area contributed by atoms with Crippen LogP contribution in [0.15, 0.2) is 45.4 Å². The average Bonchev–Trinajstić information content (AvgIpc) is 2.91. The SMILES string of the molecule is Cc1ccc(-c2noc(-c3ccc(F)c(N)c3)n2)c(Br)c1. The van der Waals surface area contributed by atoms with E-state index in [0.29, 0.717) is 17.3 Å². The van der Waals surface area contributed by atoms with Crippen LogP contribution in [0, 0.1) is 12.7 Å². The average molecular weight is 348 g/mol. The number of benzene rings is 2. The highest BCUT2D eigenvalue weighted by Gasteiger charge is 2.14. The quantitative estimate of drug-likeness (QED) is 0.705. The molecule has 21 heavy (non-hydrogen) atoms. The number of hydrogen-bond acceptors (Lipinski definition) is 4. The first-order valence-electron chi connectivity index (χ1n) is 6.20. The summed E-state index contributed by atoms with van der Waals surface area (Å²) in [5.74, 6) is 0.281. The normalized spacial score (nSPS) is 10.8. The zero-order valence-corrected chi connectivity index (χ0v) is 12.7. The number of nitrogen functional groups attached to an aromatic ring is 1. The fourth-order valence-corrected chi connectivity index (χ4v) is 2.60. The Morgan fingerprint density at radius 3 is 2.71 bits per heavy atom. The predicted molar refractivity (Wildman–Crippen MR) is 82.0 cm³/mol. The van der Waals surface area contributed by atoms with E-state index in [1.807, 2.05) is 25.1 Å². The zero-order valence-electron chi connectivity index (χ0n) is 11.1. The van der Waals surface area contributed by atoms with E-state index < -0.39 is 5.82 Å². The Morgan fingerprint density at radius 2 is 2.00 bits per heavy atom. The van der Waals surface area contributed by atoms with Crippen LogP contribution in [0.2, 0.25) is 0 Å². The molecule has 0 aliphatic carbocycles.